The molecule has 0 unspecified atom stereocenters. The van der Waals surface area contributed by atoms with E-state index in [0.29, 0.717) is 10.5 Å². The van der Waals surface area contributed by atoms with Crippen LogP contribution in [0.2, 0.25) is 0 Å². The fourth-order valence-electron chi connectivity index (χ4n) is 1.87. The second-order valence-corrected chi connectivity index (χ2v) is 5.93. The highest BCUT2D eigenvalue weighted by Gasteiger charge is 2.42. The molecule has 1 aliphatic carbocycles. The predicted octanol–water partition coefficient (Wildman–Crippen LogP) is 1.43. The molecule has 0 aromatic heterocycles. The minimum Gasteiger partial charge on any atom is -0.385 e. The summed E-state index contributed by atoms with van der Waals surface area (Å²) in [5.74, 6) is 0. The van der Waals surface area contributed by atoms with Crippen LogP contribution in [-0.2, 0) is 15.4 Å². The van der Waals surface area contributed by atoms with Crippen LogP contribution >= 0.6 is 0 Å². The highest BCUT2D eigenvalue weighted by molar-refractivity contribution is 7.94. The van der Waals surface area contributed by atoms with E-state index in [0.717, 1.165) is 18.4 Å². The molecule has 1 saturated carbocycles. The summed E-state index contributed by atoms with van der Waals surface area (Å²) in [6, 6.07) is 5.05. The molecule has 0 amide bonds. The largest absolute Gasteiger partial charge is 0.385 e. The molecule has 0 saturated heterocycles. The number of fused-ring (bicyclic) bond motifs is 1. The normalized spacial score (nSPS) is 23.8. The van der Waals surface area contributed by atoms with Crippen LogP contribution in [0.5, 0.6) is 0 Å². The third-order valence-corrected chi connectivity index (χ3v) is 4.48. The van der Waals surface area contributed by atoms with E-state index in [1.54, 1.807) is 24.3 Å². The Morgan fingerprint density at radius 3 is 2.67 bits per heavy atom. The zero-order valence-corrected chi connectivity index (χ0v) is 8.79. The molecule has 1 fully saturated rings. The Morgan fingerprint density at radius 2 is 2.00 bits per heavy atom. The molecule has 0 bridgehead atoms. The number of sulfone groups is 1. The highest BCUT2D eigenvalue weighted by atomic mass is 32.2. The van der Waals surface area contributed by atoms with Crippen LogP contribution in [0, 0.1) is 0 Å². The summed E-state index contributed by atoms with van der Waals surface area (Å²) >= 11 is 0. The van der Waals surface area contributed by atoms with Crippen LogP contribution in [-0.4, -0.2) is 13.5 Å². The molecule has 0 spiro atoms. The van der Waals surface area contributed by atoms with E-state index in [-0.39, 0.29) is 0 Å². The average molecular weight is 222 g/mol. The van der Waals surface area contributed by atoms with Crippen LogP contribution in [0.3, 0.4) is 0 Å². The van der Waals surface area contributed by atoms with Crippen LogP contribution < -0.4 is 0 Å². The highest BCUT2D eigenvalue weighted by Crippen LogP contribution is 2.46. The summed E-state index contributed by atoms with van der Waals surface area (Å²) in [4.78, 5) is 0.343. The Balaban J connectivity index is 2.17. The zero-order chi connectivity index (χ0) is 10.7. The maximum absolute atomic E-state index is 11.5. The SMILES string of the molecule is O=S1(=O)C=Cc2cc(C3(O)CC3)ccc21. The lowest BCUT2D eigenvalue weighted by atomic mass is 10.0. The Hall–Kier alpha value is -1.13. The summed E-state index contributed by atoms with van der Waals surface area (Å²) in [6.45, 7) is 0. The van der Waals surface area contributed by atoms with Gasteiger partial charge in [-0.1, -0.05) is 6.07 Å². The lowest BCUT2D eigenvalue weighted by Crippen LogP contribution is -2.05. The van der Waals surface area contributed by atoms with Crippen LogP contribution in [0.4, 0.5) is 0 Å². The first-order chi connectivity index (χ1) is 7.01. The maximum Gasteiger partial charge on any atom is 0.200 e. The van der Waals surface area contributed by atoms with Crippen molar-refractivity contribution in [2.45, 2.75) is 23.3 Å². The topological polar surface area (TPSA) is 54.4 Å². The molecule has 1 aromatic rings. The summed E-state index contributed by atoms with van der Waals surface area (Å²) in [6.07, 6.45) is 3.12. The second-order valence-electron chi connectivity index (χ2n) is 4.13. The summed E-state index contributed by atoms with van der Waals surface area (Å²) < 4.78 is 23.0. The van der Waals surface area contributed by atoms with Crippen molar-refractivity contribution in [1.82, 2.24) is 0 Å². The molecule has 15 heavy (non-hydrogen) atoms. The smallest absolute Gasteiger partial charge is 0.200 e. The molecule has 1 heterocycles. The van der Waals surface area contributed by atoms with Crippen molar-refractivity contribution in [2.75, 3.05) is 0 Å². The first-order valence-electron chi connectivity index (χ1n) is 4.81. The van der Waals surface area contributed by atoms with Crippen molar-refractivity contribution in [1.29, 1.82) is 0 Å². The third-order valence-electron chi connectivity index (χ3n) is 3.00. The first-order valence-corrected chi connectivity index (χ1v) is 6.36. The van der Waals surface area contributed by atoms with E-state index < -0.39 is 15.4 Å². The maximum atomic E-state index is 11.5. The molecular weight excluding hydrogens is 212 g/mol. The van der Waals surface area contributed by atoms with Crippen LogP contribution in [0.15, 0.2) is 28.5 Å². The van der Waals surface area contributed by atoms with E-state index in [9.17, 15) is 13.5 Å². The minimum absolute atomic E-state index is 0.343. The Bertz CT molecular complexity index is 565. The molecule has 2 aliphatic rings. The van der Waals surface area contributed by atoms with Crippen molar-refractivity contribution < 1.29 is 13.5 Å². The van der Waals surface area contributed by atoms with Gasteiger partial charge in [0, 0.05) is 5.41 Å². The molecule has 3 nitrogen and oxygen atoms in total. The molecule has 0 radical (unpaired) electrons. The number of hydrogen-bond acceptors (Lipinski definition) is 3. The number of benzene rings is 1. The van der Waals surface area contributed by atoms with Gasteiger partial charge in [0.15, 0.2) is 9.84 Å². The molecule has 3 rings (SSSR count). The third kappa shape index (κ3) is 1.25. The standard InChI is InChI=1S/C11H10O3S/c12-11(4-5-11)9-1-2-10-8(7-9)3-6-15(10,13)14/h1-3,6-7,12H,4-5H2. The summed E-state index contributed by atoms with van der Waals surface area (Å²) in [7, 11) is -3.21. The average Bonchev–Trinajstić information content (AvgIpc) is 2.87. The van der Waals surface area contributed by atoms with E-state index in [2.05, 4.69) is 0 Å². The van der Waals surface area contributed by atoms with Gasteiger partial charge < -0.3 is 5.11 Å². The fourth-order valence-corrected chi connectivity index (χ4v) is 3.06. The van der Waals surface area contributed by atoms with Gasteiger partial charge in [-0.15, -0.1) is 0 Å². The van der Waals surface area contributed by atoms with Crippen molar-refractivity contribution >= 4 is 15.9 Å². The monoisotopic (exact) mass is 222 g/mol. The van der Waals surface area contributed by atoms with Gasteiger partial charge in [-0.05, 0) is 42.2 Å². The predicted molar refractivity (Wildman–Crippen MR) is 55.8 cm³/mol. The van der Waals surface area contributed by atoms with Crippen molar-refractivity contribution in [2.24, 2.45) is 0 Å². The molecule has 0 atom stereocenters. The lowest BCUT2D eigenvalue weighted by Gasteiger charge is -2.09. The number of hydrogen-bond donors (Lipinski definition) is 1. The van der Waals surface area contributed by atoms with Gasteiger partial charge in [0.05, 0.1) is 10.5 Å². The Labute approximate surface area is 88.0 Å². The minimum atomic E-state index is -3.21. The summed E-state index contributed by atoms with van der Waals surface area (Å²) in [5.41, 5.74) is 0.811. The Kier molecular flexibility index (Phi) is 1.53. The van der Waals surface area contributed by atoms with Gasteiger partial charge >= 0.3 is 0 Å². The second kappa shape index (κ2) is 2.51. The van der Waals surface area contributed by atoms with E-state index in [1.165, 1.54) is 5.41 Å². The summed E-state index contributed by atoms with van der Waals surface area (Å²) in [5, 5.41) is 11.1. The zero-order valence-electron chi connectivity index (χ0n) is 7.97. The van der Waals surface area contributed by atoms with Crippen LogP contribution in [0.25, 0.3) is 6.08 Å². The molecule has 1 N–H and O–H groups in total. The first kappa shape index (κ1) is 9.12. The van der Waals surface area contributed by atoms with Crippen molar-refractivity contribution in [3.05, 3.63) is 34.7 Å². The Morgan fingerprint density at radius 1 is 1.27 bits per heavy atom. The molecular formula is C11H10O3S. The molecule has 1 aromatic carbocycles. The van der Waals surface area contributed by atoms with Gasteiger partial charge in [0.25, 0.3) is 0 Å². The van der Waals surface area contributed by atoms with E-state index >= 15 is 0 Å². The van der Waals surface area contributed by atoms with Crippen molar-refractivity contribution in [3.63, 3.8) is 0 Å². The van der Waals surface area contributed by atoms with Crippen LogP contribution in [0.1, 0.15) is 24.0 Å². The number of rotatable bonds is 1. The van der Waals surface area contributed by atoms with Gasteiger partial charge in [0.1, 0.15) is 0 Å². The quantitative estimate of drug-likeness (QED) is 0.782. The van der Waals surface area contributed by atoms with Gasteiger partial charge in [-0.25, -0.2) is 8.42 Å². The molecule has 4 heteroatoms. The van der Waals surface area contributed by atoms with Gasteiger partial charge in [-0.2, -0.15) is 0 Å². The fraction of sp³-hybridized carbons (Fsp3) is 0.273. The molecule has 1 aliphatic heterocycles. The van der Waals surface area contributed by atoms with E-state index in [1.807, 2.05) is 0 Å². The van der Waals surface area contributed by atoms with Crippen molar-refractivity contribution in [3.8, 4) is 0 Å². The van der Waals surface area contributed by atoms with E-state index in [4.69, 9.17) is 0 Å². The molecule has 78 valence electrons. The number of aliphatic hydroxyl groups is 1. The van der Waals surface area contributed by atoms with Gasteiger partial charge in [-0.3, -0.25) is 0 Å². The lowest BCUT2D eigenvalue weighted by molar-refractivity contribution is 0.151. The van der Waals surface area contributed by atoms with Gasteiger partial charge in [0.2, 0.25) is 0 Å².